The van der Waals surface area contributed by atoms with Gasteiger partial charge in [-0.2, -0.15) is 0 Å². The zero-order valence-electron chi connectivity index (χ0n) is 34.3. The smallest absolute Gasteiger partial charge is 0.143 e. The fourth-order valence-corrected chi connectivity index (χ4v) is 10.5. The van der Waals surface area contributed by atoms with E-state index in [0.717, 1.165) is 77.6 Å². The van der Waals surface area contributed by atoms with Crippen LogP contribution in [0.15, 0.2) is 209 Å². The lowest BCUT2D eigenvalue weighted by Crippen LogP contribution is -2.17. The number of nitrogens with zero attached hydrogens (tertiary/aromatic N) is 1. The molecule has 0 spiro atoms. The summed E-state index contributed by atoms with van der Waals surface area (Å²) in [4.78, 5) is 2.46. The first-order chi connectivity index (χ1) is 30.5. The maximum atomic E-state index is 6.68. The monoisotopic (exact) mass is 793 g/mol. The highest BCUT2D eigenvalue weighted by atomic mass is 16.3. The second-order valence-electron chi connectivity index (χ2n) is 17.2. The van der Waals surface area contributed by atoms with Crippen LogP contribution in [0.2, 0.25) is 0 Å². The summed E-state index contributed by atoms with van der Waals surface area (Å²) < 4.78 is 13.2. The molecule has 2 heterocycles. The topological polar surface area (TPSA) is 29.5 Å². The third kappa shape index (κ3) is 5.00. The van der Waals surface area contributed by atoms with Crippen molar-refractivity contribution in [1.82, 2.24) is 0 Å². The van der Waals surface area contributed by atoms with Crippen LogP contribution in [0.1, 0.15) is 25.0 Å². The van der Waals surface area contributed by atoms with Gasteiger partial charge in [0.15, 0.2) is 0 Å². The molecule has 62 heavy (non-hydrogen) atoms. The second kappa shape index (κ2) is 13.1. The molecule has 0 saturated carbocycles. The van der Waals surface area contributed by atoms with E-state index in [0.29, 0.717) is 0 Å². The van der Waals surface area contributed by atoms with E-state index in [9.17, 15) is 0 Å². The lowest BCUT2D eigenvalue weighted by molar-refractivity contribution is 0.660. The Morgan fingerprint density at radius 2 is 1.02 bits per heavy atom. The zero-order chi connectivity index (χ0) is 41.1. The fourth-order valence-electron chi connectivity index (χ4n) is 10.5. The maximum Gasteiger partial charge on any atom is 0.143 e. The molecule has 10 aromatic carbocycles. The molecule has 0 fully saturated rings. The van der Waals surface area contributed by atoms with Crippen LogP contribution in [0, 0.1) is 0 Å². The first kappa shape index (κ1) is 34.9. The summed E-state index contributed by atoms with van der Waals surface area (Å²) in [5.74, 6) is 0. The van der Waals surface area contributed by atoms with Crippen molar-refractivity contribution in [3.63, 3.8) is 0 Å². The van der Waals surface area contributed by atoms with Crippen molar-refractivity contribution < 1.29 is 8.83 Å². The van der Waals surface area contributed by atoms with Crippen LogP contribution in [-0.2, 0) is 5.41 Å². The molecule has 1 aliphatic rings. The lowest BCUT2D eigenvalue weighted by atomic mass is 9.82. The molecule has 13 rings (SSSR count). The Bertz CT molecular complexity index is 3790. The number of benzene rings is 10. The Labute approximate surface area is 358 Å². The van der Waals surface area contributed by atoms with Crippen LogP contribution in [-0.4, -0.2) is 0 Å². The summed E-state index contributed by atoms with van der Waals surface area (Å²) in [5, 5.41) is 9.31. The van der Waals surface area contributed by atoms with Gasteiger partial charge in [0.05, 0.1) is 5.69 Å². The molecule has 0 N–H and O–H groups in total. The van der Waals surface area contributed by atoms with Crippen LogP contribution < -0.4 is 4.90 Å². The third-order valence-corrected chi connectivity index (χ3v) is 13.5. The maximum absolute atomic E-state index is 6.68. The van der Waals surface area contributed by atoms with Gasteiger partial charge in [-0.25, -0.2) is 0 Å². The van der Waals surface area contributed by atoms with Gasteiger partial charge >= 0.3 is 0 Å². The van der Waals surface area contributed by atoms with Crippen molar-refractivity contribution in [2.24, 2.45) is 0 Å². The Kier molecular flexibility index (Phi) is 7.36. The highest BCUT2D eigenvalue weighted by Gasteiger charge is 2.36. The van der Waals surface area contributed by atoms with E-state index in [1.165, 1.54) is 49.4 Å². The summed E-state index contributed by atoms with van der Waals surface area (Å²) in [6.07, 6.45) is 0. The van der Waals surface area contributed by atoms with Crippen molar-refractivity contribution in [3.05, 3.63) is 211 Å². The Morgan fingerprint density at radius 3 is 1.85 bits per heavy atom. The molecule has 0 unspecified atom stereocenters. The van der Waals surface area contributed by atoms with E-state index in [-0.39, 0.29) is 5.41 Å². The summed E-state index contributed by atoms with van der Waals surface area (Å²) in [6.45, 7) is 4.71. The Morgan fingerprint density at radius 1 is 0.387 bits per heavy atom. The van der Waals surface area contributed by atoms with Gasteiger partial charge < -0.3 is 13.7 Å². The van der Waals surface area contributed by atoms with Crippen molar-refractivity contribution in [2.75, 3.05) is 4.90 Å². The number of anilines is 3. The molecule has 0 aliphatic heterocycles. The van der Waals surface area contributed by atoms with Crippen molar-refractivity contribution in [2.45, 2.75) is 19.3 Å². The number of fused-ring (bicyclic) bond motifs is 12. The minimum absolute atomic E-state index is 0.176. The van der Waals surface area contributed by atoms with E-state index in [1.54, 1.807) is 0 Å². The average Bonchev–Trinajstić information content (AvgIpc) is 3.97. The summed E-state index contributed by atoms with van der Waals surface area (Å²) >= 11 is 0. The molecule has 2 aromatic heterocycles. The molecular formula is C59H39NO2. The quantitative estimate of drug-likeness (QED) is 0.163. The molecule has 0 amide bonds. The first-order valence-corrected chi connectivity index (χ1v) is 21.4. The van der Waals surface area contributed by atoms with Gasteiger partial charge in [0.1, 0.15) is 22.3 Å². The van der Waals surface area contributed by atoms with Crippen molar-refractivity contribution >= 4 is 82.5 Å². The van der Waals surface area contributed by atoms with Gasteiger partial charge in [-0.05, 0) is 110 Å². The predicted molar refractivity (Wildman–Crippen MR) is 259 cm³/mol. The van der Waals surface area contributed by atoms with E-state index in [2.05, 4.69) is 207 Å². The fraction of sp³-hybridized carbons (Fsp3) is 0.0508. The van der Waals surface area contributed by atoms with Crippen LogP contribution in [0.4, 0.5) is 17.1 Å². The molecule has 1 aliphatic carbocycles. The van der Waals surface area contributed by atoms with Crippen LogP contribution >= 0.6 is 0 Å². The number of furan rings is 2. The van der Waals surface area contributed by atoms with Crippen molar-refractivity contribution in [3.8, 4) is 33.4 Å². The van der Waals surface area contributed by atoms with E-state index in [4.69, 9.17) is 8.83 Å². The molecular weight excluding hydrogens is 755 g/mol. The molecule has 0 saturated heterocycles. The minimum Gasteiger partial charge on any atom is -0.456 e. The molecule has 0 radical (unpaired) electrons. The van der Waals surface area contributed by atoms with Crippen LogP contribution in [0.3, 0.4) is 0 Å². The van der Waals surface area contributed by atoms with Crippen LogP contribution in [0.5, 0.6) is 0 Å². The Balaban J connectivity index is 1.10. The van der Waals surface area contributed by atoms with Gasteiger partial charge in [0.2, 0.25) is 0 Å². The number of rotatable bonds is 5. The van der Waals surface area contributed by atoms with Gasteiger partial charge in [-0.3, -0.25) is 0 Å². The standard InChI is InChI=1S/C59H39NO2/c1-59(2)50-23-10-7-18-44(50)45-31-30-39(35-51(45)59)60(38-28-26-36(27-29-38)41-21-13-22-47-46-19-8-11-24-53(46)62-58(41)47)52-32-33-55-57(48-20-9-12-25-54(48)61-55)56(52)49-34-37-14-3-4-15-40(37)42-16-5-6-17-43(42)49/h3-35H,1-2H3. The van der Waals surface area contributed by atoms with E-state index >= 15 is 0 Å². The van der Waals surface area contributed by atoms with Gasteiger partial charge in [-0.1, -0.05) is 159 Å². The highest BCUT2D eigenvalue weighted by Crippen LogP contribution is 2.53. The molecule has 12 aromatic rings. The zero-order valence-corrected chi connectivity index (χ0v) is 34.3. The van der Waals surface area contributed by atoms with Gasteiger partial charge in [-0.15, -0.1) is 0 Å². The Hall–Kier alpha value is -7.88. The average molecular weight is 794 g/mol. The van der Waals surface area contributed by atoms with Crippen molar-refractivity contribution in [1.29, 1.82) is 0 Å². The SMILES string of the molecule is CC1(C)c2ccccc2-c2ccc(N(c3ccc(-c4cccc5c4oc4ccccc45)cc3)c3ccc4oc5ccccc5c4c3-c3cc4ccccc4c4ccccc34)cc21. The summed E-state index contributed by atoms with van der Waals surface area (Å²) in [6, 6.07) is 72.6. The molecule has 0 bridgehead atoms. The number of hydrogen-bond acceptors (Lipinski definition) is 3. The van der Waals surface area contributed by atoms with Crippen LogP contribution in [0.25, 0.3) is 98.8 Å². The first-order valence-electron chi connectivity index (χ1n) is 21.4. The predicted octanol–water partition coefficient (Wildman–Crippen LogP) is 16.9. The molecule has 3 nitrogen and oxygen atoms in total. The molecule has 3 heteroatoms. The van der Waals surface area contributed by atoms with Gasteiger partial charge in [0, 0.05) is 49.5 Å². The minimum atomic E-state index is -0.176. The highest BCUT2D eigenvalue weighted by molar-refractivity contribution is 6.23. The van der Waals surface area contributed by atoms with E-state index in [1.807, 2.05) is 12.1 Å². The lowest BCUT2D eigenvalue weighted by Gasteiger charge is -2.30. The van der Waals surface area contributed by atoms with Gasteiger partial charge in [0.25, 0.3) is 0 Å². The number of para-hydroxylation sites is 3. The molecule has 292 valence electrons. The number of hydrogen-bond donors (Lipinski definition) is 0. The normalized spacial score (nSPS) is 13.1. The second-order valence-corrected chi connectivity index (χ2v) is 17.2. The summed E-state index contributed by atoms with van der Waals surface area (Å²) in [5.41, 5.74) is 16.3. The summed E-state index contributed by atoms with van der Waals surface area (Å²) in [7, 11) is 0. The largest absolute Gasteiger partial charge is 0.456 e. The van der Waals surface area contributed by atoms with E-state index < -0.39 is 0 Å². The third-order valence-electron chi connectivity index (χ3n) is 13.5. The molecule has 0 atom stereocenters.